The van der Waals surface area contributed by atoms with Crippen molar-refractivity contribution >= 4 is 12.1 Å². The van der Waals surface area contributed by atoms with E-state index in [0.717, 1.165) is 0 Å². The molecule has 0 N–H and O–H groups in total. The van der Waals surface area contributed by atoms with E-state index in [2.05, 4.69) is 10.1 Å². The summed E-state index contributed by atoms with van der Waals surface area (Å²) >= 11 is 0. The van der Waals surface area contributed by atoms with Crippen LogP contribution in [0.25, 0.3) is 17.2 Å². The number of aldehydes is 1. The summed E-state index contributed by atoms with van der Waals surface area (Å²) in [5.74, 6) is 0.556. The molecule has 3 rings (SSSR count). The molecule has 18 heavy (non-hydrogen) atoms. The van der Waals surface area contributed by atoms with Gasteiger partial charge in [-0.2, -0.15) is 9.50 Å². The summed E-state index contributed by atoms with van der Waals surface area (Å²) in [5.41, 5.74) is 1.27. The molecular formula is C12H8FN3O2. The monoisotopic (exact) mass is 245 g/mol. The van der Waals surface area contributed by atoms with E-state index < -0.39 is 0 Å². The van der Waals surface area contributed by atoms with E-state index in [1.54, 1.807) is 19.1 Å². The molecule has 0 saturated heterocycles. The van der Waals surface area contributed by atoms with Crippen LogP contribution in [0.4, 0.5) is 4.39 Å². The van der Waals surface area contributed by atoms with Crippen LogP contribution >= 0.6 is 0 Å². The summed E-state index contributed by atoms with van der Waals surface area (Å²) in [6.45, 7) is 1.71. The van der Waals surface area contributed by atoms with Crippen LogP contribution in [-0.2, 0) is 0 Å². The Balaban J connectivity index is 2.14. The average molecular weight is 245 g/mol. The molecule has 6 heteroatoms. The van der Waals surface area contributed by atoms with Crippen molar-refractivity contribution in [3.8, 4) is 11.4 Å². The van der Waals surface area contributed by atoms with E-state index >= 15 is 0 Å². The van der Waals surface area contributed by atoms with Gasteiger partial charge in [-0.25, -0.2) is 4.39 Å². The molecule has 0 atom stereocenters. The molecule has 0 aliphatic rings. The zero-order valence-electron chi connectivity index (χ0n) is 9.42. The van der Waals surface area contributed by atoms with Crippen molar-refractivity contribution in [3.05, 3.63) is 41.5 Å². The Hall–Kier alpha value is -2.50. The molecule has 1 aromatic carbocycles. The van der Waals surface area contributed by atoms with Crippen LogP contribution in [-0.4, -0.2) is 20.9 Å². The molecule has 3 aromatic rings. The van der Waals surface area contributed by atoms with Gasteiger partial charge >= 0.3 is 5.84 Å². The van der Waals surface area contributed by atoms with Gasteiger partial charge in [-0.1, -0.05) is 0 Å². The van der Waals surface area contributed by atoms with Gasteiger partial charge in [0.05, 0.1) is 5.69 Å². The second kappa shape index (κ2) is 3.76. The van der Waals surface area contributed by atoms with Gasteiger partial charge in [0.1, 0.15) is 5.82 Å². The standard InChI is InChI=1S/C12H8FN3O2/c1-7-10(6-17)18-12-14-11(15-16(7)12)8-2-4-9(13)5-3-8/h2-6H,1H3. The van der Waals surface area contributed by atoms with E-state index in [1.165, 1.54) is 16.6 Å². The third-order valence-corrected chi connectivity index (χ3v) is 2.66. The predicted octanol–water partition coefficient (Wildman–Crippen LogP) is 2.25. The van der Waals surface area contributed by atoms with Crippen molar-refractivity contribution in [1.82, 2.24) is 14.6 Å². The van der Waals surface area contributed by atoms with Gasteiger partial charge in [0, 0.05) is 5.56 Å². The van der Waals surface area contributed by atoms with Crippen molar-refractivity contribution in [1.29, 1.82) is 0 Å². The molecule has 0 aliphatic heterocycles. The molecule has 0 fully saturated rings. The number of carbonyl (C=O) groups is 1. The van der Waals surface area contributed by atoms with E-state index in [-0.39, 0.29) is 17.4 Å². The zero-order chi connectivity index (χ0) is 12.7. The molecule has 2 aromatic heterocycles. The van der Waals surface area contributed by atoms with Crippen LogP contribution in [0.1, 0.15) is 16.2 Å². The van der Waals surface area contributed by atoms with Crippen LogP contribution in [0.3, 0.4) is 0 Å². The predicted molar refractivity (Wildman–Crippen MR) is 60.8 cm³/mol. The normalized spacial score (nSPS) is 11.0. The highest BCUT2D eigenvalue weighted by atomic mass is 19.1. The minimum Gasteiger partial charge on any atom is -0.419 e. The summed E-state index contributed by atoms with van der Waals surface area (Å²) < 4.78 is 19.5. The topological polar surface area (TPSA) is 60.4 Å². The van der Waals surface area contributed by atoms with E-state index in [9.17, 15) is 9.18 Å². The maximum atomic E-state index is 12.8. The number of oxazole rings is 1. The van der Waals surface area contributed by atoms with Gasteiger partial charge in [0.25, 0.3) is 0 Å². The number of aromatic nitrogens is 3. The number of rotatable bonds is 2. The van der Waals surface area contributed by atoms with Gasteiger partial charge in [-0.15, -0.1) is 5.10 Å². The van der Waals surface area contributed by atoms with Gasteiger partial charge < -0.3 is 4.42 Å². The van der Waals surface area contributed by atoms with Gasteiger partial charge in [0.15, 0.2) is 17.9 Å². The average Bonchev–Trinajstić information content (AvgIpc) is 2.90. The van der Waals surface area contributed by atoms with Crippen LogP contribution in [0.5, 0.6) is 0 Å². The zero-order valence-corrected chi connectivity index (χ0v) is 9.42. The molecule has 0 amide bonds. The highest BCUT2D eigenvalue weighted by molar-refractivity contribution is 5.73. The minimum absolute atomic E-state index is 0.204. The fraction of sp³-hybridized carbons (Fsp3) is 0.0833. The summed E-state index contributed by atoms with van der Waals surface area (Å²) in [5, 5.41) is 4.21. The smallest absolute Gasteiger partial charge is 0.325 e. The minimum atomic E-state index is -0.318. The number of halogens is 1. The van der Waals surface area contributed by atoms with Gasteiger partial charge in [-0.05, 0) is 31.2 Å². The SMILES string of the molecule is Cc1c(C=O)oc2nc(-c3ccc(F)cc3)nn12. The van der Waals surface area contributed by atoms with E-state index in [4.69, 9.17) is 4.42 Å². The fourth-order valence-electron chi connectivity index (χ4n) is 1.69. The lowest BCUT2D eigenvalue weighted by atomic mass is 10.2. The quantitative estimate of drug-likeness (QED) is 0.649. The third-order valence-electron chi connectivity index (χ3n) is 2.66. The number of aryl methyl sites for hydroxylation is 1. The number of nitrogens with zero attached hydrogens (tertiary/aromatic N) is 3. The van der Waals surface area contributed by atoms with Crippen molar-refractivity contribution in [2.75, 3.05) is 0 Å². The molecule has 0 saturated carbocycles. The summed E-state index contributed by atoms with van der Waals surface area (Å²) in [7, 11) is 0. The highest BCUT2D eigenvalue weighted by Gasteiger charge is 2.15. The van der Waals surface area contributed by atoms with E-state index in [0.29, 0.717) is 23.4 Å². The molecular weight excluding hydrogens is 237 g/mol. The Bertz CT molecular complexity index is 728. The Morgan fingerprint density at radius 2 is 2.06 bits per heavy atom. The Kier molecular flexibility index (Phi) is 2.22. The molecule has 0 spiro atoms. The maximum Gasteiger partial charge on any atom is 0.325 e. The van der Waals surface area contributed by atoms with Gasteiger partial charge in [0.2, 0.25) is 0 Å². The fourth-order valence-corrected chi connectivity index (χ4v) is 1.69. The summed E-state index contributed by atoms with van der Waals surface area (Å²) in [4.78, 5) is 14.8. The first-order chi connectivity index (χ1) is 8.69. The third kappa shape index (κ3) is 1.50. The number of hydrogen-bond donors (Lipinski definition) is 0. The van der Waals surface area contributed by atoms with Crippen molar-refractivity contribution in [2.24, 2.45) is 0 Å². The molecule has 0 radical (unpaired) electrons. The first-order valence-electron chi connectivity index (χ1n) is 5.26. The highest BCUT2D eigenvalue weighted by Crippen LogP contribution is 2.19. The largest absolute Gasteiger partial charge is 0.419 e. The Morgan fingerprint density at radius 1 is 1.33 bits per heavy atom. The van der Waals surface area contributed by atoms with Crippen LogP contribution < -0.4 is 0 Å². The van der Waals surface area contributed by atoms with Crippen molar-refractivity contribution < 1.29 is 13.6 Å². The van der Waals surface area contributed by atoms with Crippen LogP contribution in [0, 0.1) is 12.7 Å². The van der Waals surface area contributed by atoms with Crippen LogP contribution in [0.2, 0.25) is 0 Å². The first-order valence-corrected chi connectivity index (χ1v) is 5.26. The van der Waals surface area contributed by atoms with Gasteiger partial charge in [-0.3, -0.25) is 4.79 Å². The lowest BCUT2D eigenvalue weighted by Crippen LogP contribution is -1.90. The number of hydrogen-bond acceptors (Lipinski definition) is 4. The first kappa shape index (κ1) is 10.6. The van der Waals surface area contributed by atoms with Crippen molar-refractivity contribution in [2.45, 2.75) is 6.92 Å². The lowest BCUT2D eigenvalue weighted by Gasteiger charge is -1.93. The van der Waals surface area contributed by atoms with Crippen molar-refractivity contribution in [3.63, 3.8) is 0 Å². The Morgan fingerprint density at radius 3 is 2.67 bits per heavy atom. The lowest BCUT2D eigenvalue weighted by molar-refractivity contribution is 0.110. The molecule has 0 unspecified atom stereocenters. The summed E-state index contributed by atoms with van der Waals surface area (Å²) in [6.07, 6.45) is 0.614. The van der Waals surface area contributed by atoms with E-state index in [1.807, 2.05) is 0 Å². The molecule has 5 nitrogen and oxygen atoms in total. The number of benzene rings is 1. The van der Waals surface area contributed by atoms with Crippen LogP contribution in [0.15, 0.2) is 28.7 Å². The molecule has 2 heterocycles. The molecule has 90 valence electrons. The maximum absolute atomic E-state index is 12.8. The molecule has 0 aliphatic carbocycles. The number of fused-ring (bicyclic) bond motifs is 1. The second-order valence-electron chi connectivity index (χ2n) is 3.81. The Labute approximate surface area is 101 Å². The number of carbonyl (C=O) groups excluding carboxylic acids is 1. The molecule has 0 bridgehead atoms. The summed E-state index contributed by atoms with van der Waals surface area (Å²) in [6, 6.07) is 5.84. The second-order valence-corrected chi connectivity index (χ2v) is 3.81.